The van der Waals surface area contributed by atoms with Gasteiger partial charge in [-0.25, -0.2) is 8.42 Å². The zero-order valence-electron chi connectivity index (χ0n) is 19.4. The summed E-state index contributed by atoms with van der Waals surface area (Å²) in [6.07, 6.45) is 0. The van der Waals surface area contributed by atoms with Gasteiger partial charge in [0.25, 0.3) is 15.9 Å². The van der Waals surface area contributed by atoms with Gasteiger partial charge in [0.2, 0.25) is 5.91 Å². The number of nitrogens with zero attached hydrogens (tertiary/aromatic N) is 1. The van der Waals surface area contributed by atoms with Crippen LogP contribution in [0.25, 0.3) is 10.8 Å². The Morgan fingerprint density at radius 1 is 0.800 bits per heavy atom. The number of hydrogen-bond acceptors (Lipinski definition) is 4. The van der Waals surface area contributed by atoms with Crippen molar-refractivity contribution in [2.75, 3.05) is 23.6 Å². The van der Waals surface area contributed by atoms with Gasteiger partial charge in [-0.15, -0.1) is 0 Å². The second kappa shape index (κ2) is 9.99. The molecule has 4 aromatic rings. The molecular weight excluding hydrogens is 462 g/mol. The molecule has 0 atom stereocenters. The molecule has 4 rings (SSSR count). The normalized spacial score (nSPS) is 11.1. The van der Waals surface area contributed by atoms with Crippen LogP contribution < -0.4 is 10.0 Å². The fourth-order valence-electron chi connectivity index (χ4n) is 3.70. The smallest absolute Gasteiger partial charge is 0.261 e. The van der Waals surface area contributed by atoms with Crippen molar-refractivity contribution < 1.29 is 18.0 Å². The fraction of sp³-hybridized carbons (Fsp3) is 0.111. The number of carbonyl (C=O) groups is 2. The number of carbonyl (C=O) groups excluding carboxylic acids is 2. The van der Waals surface area contributed by atoms with Gasteiger partial charge < -0.3 is 10.2 Å². The number of hydrogen-bond donors (Lipinski definition) is 2. The molecule has 8 heteroatoms. The van der Waals surface area contributed by atoms with Gasteiger partial charge in [-0.2, -0.15) is 0 Å². The van der Waals surface area contributed by atoms with E-state index in [9.17, 15) is 18.0 Å². The Morgan fingerprint density at radius 2 is 1.43 bits per heavy atom. The van der Waals surface area contributed by atoms with Crippen molar-refractivity contribution in [3.63, 3.8) is 0 Å². The van der Waals surface area contributed by atoms with Crippen molar-refractivity contribution in [3.8, 4) is 0 Å². The number of anilines is 2. The maximum absolute atomic E-state index is 12.8. The van der Waals surface area contributed by atoms with Crippen LogP contribution in [0.4, 0.5) is 11.4 Å². The van der Waals surface area contributed by atoms with E-state index in [-0.39, 0.29) is 22.9 Å². The van der Waals surface area contributed by atoms with Crippen LogP contribution in [0.2, 0.25) is 0 Å². The third-order valence-electron chi connectivity index (χ3n) is 5.59. The quantitative estimate of drug-likeness (QED) is 0.396. The molecule has 0 saturated heterocycles. The predicted octanol–water partition coefficient (Wildman–Crippen LogP) is 4.66. The van der Waals surface area contributed by atoms with E-state index in [1.807, 2.05) is 61.5 Å². The minimum atomic E-state index is -3.81. The summed E-state index contributed by atoms with van der Waals surface area (Å²) in [5.74, 6) is -0.729. The van der Waals surface area contributed by atoms with E-state index < -0.39 is 15.9 Å². The van der Waals surface area contributed by atoms with E-state index >= 15 is 0 Å². The van der Waals surface area contributed by atoms with E-state index in [0.29, 0.717) is 11.4 Å². The van der Waals surface area contributed by atoms with Crippen molar-refractivity contribution >= 4 is 44.0 Å². The molecule has 0 saturated carbocycles. The van der Waals surface area contributed by atoms with Crippen molar-refractivity contribution in [1.29, 1.82) is 0 Å². The highest BCUT2D eigenvalue weighted by atomic mass is 32.2. The number of nitrogens with one attached hydrogen (secondary N) is 2. The molecule has 0 spiro atoms. The summed E-state index contributed by atoms with van der Waals surface area (Å²) in [4.78, 5) is 26.7. The van der Waals surface area contributed by atoms with Crippen molar-refractivity contribution in [2.45, 2.75) is 11.8 Å². The second-order valence-corrected chi connectivity index (χ2v) is 9.86. The highest BCUT2D eigenvalue weighted by Crippen LogP contribution is 2.23. The average molecular weight is 488 g/mol. The van der Waals surface area contributed by atoms with E-state index in [1.54, 1.807) is 12.1 Å². The lowest BCUT2D eigenvalue weighted by atomic mass is 10.1. The van der Waals surface area contributed by atoms with Crippen LogP contribution >= 0.6 is 0 Å². The van der Waals surface area contributed by atoms with Crippen LogP contribution in [-0.2, 0) is 14.8 Å². The standard InChI is InChI=1S/C27H25N3O4S/c1-19-8-3-6-12-24(19)29-35(33,34)22-16-14-21(15-17-22)27(32)30(2)18-26(31)28-25-13-7-10-20-9-4-5-11-23(20)25/h3-17,29H,18H2,1-2H3,(H,28,31). The highest BCUT2D eigenvalue weighted by Gasteiger charge is 2.19. The SMILES string of the molecule is Cc1ccccc1NS(=O)(=O)c1ccc(C(=O)N(C)CC(=O)Nc2cccc3ccccc23)cc1. The number of fused-ring (bicyclic) bond motifs is 1. The van der Waals surface area contributed by atoms with Gasteiger partial charge in [0.05, 0.1) is 17.1 Å². The zero-order valence-corrected chi connectivity index (χ0v) is 20.2. The minimum Gasteiger partial charge on any atom is -0.332 e. The molecule has 0 bridgehead atoms. The van der Waals surface area contributed by atoms with E-state index in [1.165, 1.54) is 36.2 Å². The Balaban J connectivity index is 1.41. The van der Waals surface area contributed by atoms with E-state index in [2.05, 4.69) is 10.0 Å². The van der Waals surface area contributed by atoms with Crippen LogP contribution in [0.15, 0.2) is 95.9 Å². The predicted molar refractivity (Wildman–Crippen MR) is 138 cm³/mol. The number of para-hydroxylation sites is 1. The molecule has 0 aliphatic carbocycles. The Labute approximate surface area is 204 Å². The molecule has 178 valence electrons. The fourth-order valence-corrected chi connectivity index (χ4v) is 4.83. The first kappa shape index (κ1) is 24.0. The Kier molecular flexibility index (Phi) is 6.84. The van der Waals surface area contributed by atoms with Crippen LogP contribution in [0, 0.1) is 6.92 Å². The van der Waals surface area contributed by atoms with E-state index in [4.69, 9.17) is 0 Å². The first-order chi connectivity index (χ1) is 16.7. The monoisotopic (exact) mass is 487 g/mol. The lowest BCUT2D eigenvalue weighted by Crippen LogP contribution is -2.35. The van der Waals surface area contributed by atoms with Crippen LogP contribution in [0.5, 0.6) is 0 Å². The number of benzene rings is 4. The molecule has 2 amide bonds. The number of rotatable bonds is 7. The topological polar surface area (TPSA) is 95.6 Å². The molecular formula is C27H25N3O4S. The van der Waals surface area contributed by atoms with Gasteiger partial charge in [0.1, 0.15) is 0 Å². The summed E-state index contributed by atoms with van der Waals surface area (Å²) >= 11 is 0. The summed E-state index contributed by atoms with van der Waals surface area (Å²) < 4.78 is 28.0. The average Bonchev–Trinajstić information content (AvgIpc) is 2.85. The van der Waals surface area contributed by atoms with Crippen LogP contribution in [0.1, 0.15) is 15.9 Å². The molecule has 2 N–H and O–H groups in total. The largest absolute Gasteiger partial charge is 0.332 e. The minimum absolute atomic E-state index is 0.0358. The summed E-state index contributed by atoms with van der Waals surface area (Å²) in [5, 5.41) is 4.77. The molecule has 0 fully saturated rings. The van der Waals surface area contributed by atoms with Crippen LogP contribution in [0.3, 0.4) is 0 Å². The maximum atomic E-state index is 12.8. The molecule has 0 aliphatic rings. The zero-order chi connectivity index (χ0) is 25.0. The maximum Gasteiger partial charge on any atom is 0.261 e. The number of likely N-dealkylation sites (N-methyl/N-ethyl adjacent to an activating group) is 1. The molecule has 0 unspecified atom stereocenters. The molecule has 0 aliphatic heterocycles. The second-order valence-electron chi connectivity index (χ2n) is 8.18. The summed E-state index contributed by atoms with van der Waals surface area (Å²) in [5.41, 5.74) is 2.24. The molecule has 35 heavy (non-hydrogen) atoms. The molecule has 7 nitrogen and oxygen atoms in total. The van der Waals surface area contributed by atoms with Gasteiger partial charge in [-0.3, -0.25) is 14.3 Å². The van der Waals surface area contributed by atoms with E-state index in [0.717, 1.165) is 16.3 Å². The van der Waals surface area contributed by atoms with Gasteiger partial charge in [0, 0.05) is 23.7 Å². The Hall–Kier alpha value is -4.17. The molecule has 0 radical (unpaired) electrons. The third kappa shape index (κ3) is 5.50. The van der Waals surface area contributed by atoms with Crippen molar-refractivity contribution in [1.82, 2.24) is 4.90 Å². The number of aryl methyl sites for hydroxylation is 1. The van der Waals surface area contributed by atoms with Crippen molar-refractivity contribution in [3.05, 3.63) is 102 Å². The highest BCUT2D eigenvalue weighted by molar-refractivity contribution is 7.92. The summed E-state index contributed by atoms with van der Waals surface area (Å²) in [6.45, 7) is 1.66. The Bertz CT molecular complexity index is 1490. The van der Waals surface area contributed by atoms with Gasteiger partial charge in [0.15, 0.2) is 0 Å². The number of sulfonamides is 1. The van der Waals surface area contributed by atoms with Crippen LogP contribution in [-0.4, -0.2) is 38.7 Å². The van der Waals surface area contributed by atoms with Gasteiger partial charge in [-0.05, 0) is 54.3 Å². The lowest BCUT2D eigenvalue weighted by Gasteiger charge is -2.18. The summed E-state index contributed by atoms with van der Waals surface area (Å²) in [7, 11) is -2.29. The van der Waals surface area contributed by atoms with Crippen molar-refractivity contribution in [2.24, 2.45) is 0 Å². The van der Waals surface area contributed by atoms with Gasteiger partial charge >= 0.3 is 0 Å². The molecule has 0 aromatic heterocycles. The molecule has 0 heterocycles. The van der Waals surface area contributed by atoms with Gasteiger partial charge in [-0.1, -0.05) is 54.6 Å². The third-order valence-corrected chi connectivity index (χ3v) is 6.97. The lowest BCUT2D eigenvalue weighted by molar-refractivity contribution is -0.116. The first-order valence-corrected chi connectivity index (χ1v) is 12.4. The molecule has 4 aromatic carbocycles. The Morgan fingerprint density at radius 3 is 2.17 bits per heavy atom. The number of amides is 2. The first-order valence-electron chi connectivity index (χ1n) is 11.0. The summed E-state index contributed by atoms with van der Waals surface area (Å²) in [6, 6.07) is 26.0.